The third-order valence-electron chi connectivity index (χ3n) is 7.67. The van der Waals surface area contributed by atoms with Crippen molar-refractivity contribution in [2.75, 3.05) is 0 Å². The van der Waals surface area contributed by atoms with Gasteiger partial charge in [0.25, 0.3) is 0 Å². The first-order valence-electron chi connectivity index (χ1n) is 13.8. The fourth-order valence-corrected chi connectivity index (χ4v) is 5.36. The van der Waals surface area contributed by atoms with E-state index >= 15 is 0 Å². The van der Waals surface area contributed by atoms with Crippen molar-refractivity contribution in [1.29, 1.82) is 0 Å². The molecule has 218 valence electrons. The van der Waals surface area contributed by atoms with Gasteiger partial charge in [-0.3, -0.25) is 14.4 Å². The second-order valence-electron chi connectivity index (χ2n) is 11.5. The number of carbonyl (C=O) groups excluding carboxylic acids is 3. The average molecular weight is 552 g/mol. The monoisotopic (exact) mass is 551 g/mol. The molecule has 1 aliphatic carbocycles. The number of ether oxygens (including phenoxy) is 2. The summed E-state index contributed by atoms with van der Waals surface area (Å²) in [6.07, 6.45) is 22.5. The molecule has 2 aliphatic rings. The van der Waals surface area contributed by atoms with Crippen molar-refractivity contribution >= 4 is 17.7 Å². The predicted octanol–water partition coefficient (Wildman–Crippen LogP) is 6.49. The molecule has 3 atom stereocenters. The summed E-state index contributed by atoms with van der Waals surface area (Å²) in [5.74, 6) is 3.71. The molecule has 7 nitrogen and oxygen atoms in total. The van der Waals surface area contributed by atoms with Crippen LogP contribution in [0.2, 0.25) is 0 Å². The maximum absolute atomic E-state index is 13.2. The number of carbonyl (C=O) groups is 3. The topological polar surface area (TPSA) is 108 Å². The smallest absolute Gasteiger partial charge is 0.325 e. The molecule has 0 aromatic carbocycles. The number of esters is 1. The maximum atomic E-state index is 13.2. The number of nitrogens with two attached hydrogens (primary N) is 1. The van der Waals surface area contributed by atoms with Crippen LogP contribution in [0.25, 0.3) is 0 Å². The number of hydrogen-bond acceptors (Lipinski definition) is 7. The van der Waals surface area contributed by atoms with Crippen LogP contribution >= 0.6 is 0 Å². The number of ketones is 1. The van der Waals surface area contributed by atoms with E-state index in [1.165, 1.54) is 0 Å². The highest BCUT2D eigenvalue weighted by Crippen LogP contribution is 2.67. The van der Waals surface area contributed by atoms with E-state index in [-0.39, 0.29) is 31.1 Å². The molecule has 1 saturated heterocycles. The minimum Gasteiger partial charge on any atom is -0.462 e. The summed E-state index contributed by atoms with van der Waals surface area (Å²) < 4.78 is 11.9. The first-order valence-corrected chi connectivity index (χ1v) is 13.8. The zero-order valence-electron chi connectivity index (χ0n) is 25.0. The Kier molecular flexibility index (Phi) is 11.8. The van der Waals surface area contributed by atoms with E-state index in [2.05, 4.69) is 4.84 Å². The summed E-state index contributed by atoms with van der Waals surface area (Å²) >= 11 is 0. The van der Waals surface area contributed by atoms with Gasteiger partial charge in [0.1, 0.15) is 11.7 Å². The van der Waals surface area contributed by atoms with Gasteiger partial charge in [-0.25, -0.2) is 0 Å². The Bertz CT molecular complexity index is 1170. The first-order chi connectivity index (χ1) is 18.8. The van der Waals surface area contributed by atoms with Crippen LogP contribution in [0.5, 0.6) is 0 Å². The lowest BCUT2D eigenvalue weighted by Crippen LogP contribution is -2.49. The van der Waals surface area contributed by atoms with Crippen LogP contribution < -0.4 is 5.90 Å². The standard InChI is InChI=1S/C33H45NO6/c1-8-9-10-14-24(2)15-11-12-16-25(3)17-13-18-26(4)28(35)23-33-31(5,6)21-27(22-32(33,7)40-33)38-29(36)19-20-30(37)39-34/h8-18,27H,19-23,34H2,1-7H3/b9-8-,12-11+,14-10+,17-13+,24-15+,25-16+,26-18+. The molecule has 1 aliphatic heterocycles. The van der Waals surface area contributed by atoms with Gasteiger partial charge in [-0.15, -0.1) is 0 Å². The Morgan fingerprint density at radius 1 is 0.850 bits per heavy atom. The summed E-state index contributed by atoms with van der Waals surface area (Å²) in [4.78, 5) is 40.7. The van der Waals surface area contributed by atoms with Crippen molar-refractivity contribution in [3.05, 3.63) is 83.6 Å². The third kappa shape index (κ3) is 8.86. The Labute approximate surface area is 239 Å². The summed E-state index contributed by atoms with van der Waals surface area (Å²) in [5, 5.41) is 0. The minimum absolute atomic E-state index is 0.0327. The molecule has 1 saturated carbocycles. The molecule has 1 heterocycles. The first kappa shape index (κ1) is 32.9. The summed E-state index contributed by atoms with van der Waals surface area (Å²) in [7, 11) is 0. The molecular weight excluding hydrogens is 506 g/mol. The van der Waals surface area contributed by atoms with E-state index in [1.54, 1.807) is 0 Å². The van der Waals surface area contributed by atoms with Crippen molar-refractivity contribution in [3.63, 3.8) is 0 Å². The van der Waals surface area contributed by atoms with Gasteiger partial charge in [-0.2, -0.15) is 5.90 Å². The average Bonchev–Trinajstić information content (AvgIpc) is 3.50. The second kappa shape index (κ2) is 14.4. The maximum Gasteiger partial charge on any atom is 0.325 e. The number of epoxide rings is 1. The van der Waals surface area contributed by atoms with Crippen LogP contribution in [0.3, 0.4) is 0 Å². The predicted molar refractivity (Wildman–Crippen MR) is 158 cm³/mol. The Morgan fingerprint density at radius 3 is 2.02 bits per heavy atom. The van der Waals surface area contributed by atoms with E-state index < -0.39 is 28.6 Å². The molecule has 0 spiro atoms. The van der Waals surface area contributed by atoms with Gasteiger partial charge in [-0.1, -0.05) is 91.8 Å². The molecule has 7 heteroatoms. The molecule has 0 aromatic rings. The minimum atomic E-state index is -0.663. The van der Waals surface area contributed by atoms with Gasteiger partial charge in [0, 0.05) is 18.3 Å². The van der Waals surface area contributed by atoms with E-state index in [1.807, 2.05) is 115 Å². The summed E-state index contributed by atoms with van der Waals surface area (Å²) in [5.41, 5.74) is 1.31. The number of Topliss-reactive ketones (excluding diaryl/α,β-unsaturated/α-hetero) is 1. The van der Waals surface area contributed by atoms with Crippen molar-refractivity contribution in [2.45, 2.75) is 97.9 Å². The zero-order chi connectivity index (χ0) is 30.0. The molecular formula is C33H45NO6. The van der Waals surface area contributed by atoms with Gasteiger partial charge in [0.2, 0.25) is 0 Å². The lowest BCUT2D eigenvalue weighted by Gasteiger charge is -2.41. The van der Waals surface area contributed by atoms with Crippen LogP contribution in [-0.4, -0.2) is 35.0 Å². The number of fused-ring (bicyclic) bond motifs is 1. The van der Waals surface area contributed by atoms with Gasteiger partial charge in [-0.05, 0) is 46.6 Å². The number of allylic oxidation sites excluding steroid dienone is 14. The molecule has 2 rings (SSSR count). The molecule has 0 amide bonds. The van der Waals surface area contributed by atoms with E-state index in [4.69, 9.17) is 15.4 Å². The summed E-state index contributed by atoms with van der Waals surface area (Å²) in [6.45, 7) is 13.9. The highest BCUT2D eigenvalue weighted by Gasteiger charge is 2.76. The van der Waals surface area contributed by atoms with Gasteiger partial charge >= 0.3 is 11.9 Å². The molecule has 0 aromatic heterocycles. The normalized spacial score (nSPS) is 27.0. The van der Waals surface area contributed by atoms with E-state index in [0.717, 1.165) is 11.1 Å². The van der Waals surface area contributed by atoms with Crippen LogP contribution in [0.1, 0.15) is 80.6 Å². The Hall–Kier alpha value is -3.29. The highest BCUT2D eigenvalue weighted by atomic mass is 16.7. The lowest BCUT2D eigenvalue weighted by atomic mass is 9.61. The van der Waals surface area contributed by atoms with E-state index in [9.17, 15) is 14.4 Å². The Balaban J connectivity index is 1.95. The molecule has 40 heavy (non-hydrogen) atoms. The Morgan fingerprint density at radius 2 is 1.45 bits per heavy atom. The number of hydrogen-bond donors (Lipinski definition) is 1. The number of rotatable bonds is 13. The highest BCUT2D eigenvalue weighted by molar-refractivity contribution is 5.96. The van der Waals surface area contributed by atoms with Crippen molar-refractivity contribution in [2.24, 2.45) is 11.3 Å². The SMILES string of the molecule is C\C=C/C=C/C(C)=C/C=C/C=C(C)/C=C/C=C(\C)C(=O)CC12OC1(C)CC(OC(=O)CCC(=O)ON)CC2(C)C. The summed E-state index contributed by atoms with van der Waals surface area (Å²) in [6, 6.07) is 0. The van der Waals surface area contributed by atoms with Crippen LogP contribution in [0, 0.1) is 5.41 Å². The van der Waals surface area contributed by atoms with Crippen molar-refractivity contribution < 1.29 is 28.7 Å². The fourth-order valence-electron chi connectivity index (χ4n) is 5.36. The van der Waals surface area contributed by atoms with Crippen molar-refractivity contribution in [3.8, 4) is 0 Å². The zero-order valence-corrected chi connectivity index (χ0v) is 25.0. The second-order valence-corrected chi connectivity index (χ2v) is 11.5. The van der Waals surface area contributed by atoms with Crippen LogP contribution in [-0.2, 0) is 28.7 Å². The molecule has 0 bridgehead atoms. The molecule has 0 radical (unpaired) electrons. The van der Waals surface area contributed by atoms with Gasteiger partial charge in [0.05, 0.1) is 18.4 Å². The van der Waals surface area contributed by atoms with Gasteiger partial charge in [0.15, 0.2) is 5.78 Å². The lowest BCUT2D eigenvalue weighted by molar-refractivity contribution is -0.157. The largest absolute Gasteiger partial charge is 0.462 e. The molecule has 3 unspecified atom stereocenters. The van der Waals surface area contributed by atoms with Crippen molar-refractivity contribution in [1.82, 2.24) is 0 Å². The third-order valence-corrected chi connectivity index (χ3v) is 7.67. The van der Waals surface area contributed by atoms with E-state index in [0.29, 0.717) is 18.4 Å². The molecule has 2 N–H and O–H groups in total. The fraction of sp³-hybridized carbons (Fsp3) is 0.485. The molecule has 2 fully saturated rings. The van der Waals surface area contributed by atoms with Gasteiger partial charge < -0.3 is 14.3 Å². The van der Waals surface area contributed by atoms with Crippen LogP contribution in [0.4, 0.5) is 0 Å². The van der Waals surface area contributed by atoms with Crippen LogP contribution in [0.15, 0.2) is 83.6 Å². The quantitative estimate of drug-likeness (QED) is 0.0917.